The molecule has 2 unspecified atom stereocenters. The molecule has 54 heavy (non-hydrogen) atoms. The Morgan fingerprint density at radius 1 is 0.870 bits per heavy atom. The molecule has 4 aliphatic carbocycles. The van der Waals surface area contributed by atoms with Gasteiger partial charge in [-0.2, -0.15) is 5.10 Å². The molecule has 10 nitrogen and oxygen atoms in total. The summed E-state index contributed by atoms with van der Waals surface area (Å²) in [6.07, 6.45) is 16.2. The number of rotatable bonds is 10. The van der Waals surface area contributed by atoms with Crippen LogP contribution in [0.5, 0.6) is 0 Å². The van der Waals surface area contributed by atoms with Crippen LogP contribution in [0.3, 0.4) is 0 Å². The summed E-state index contributed by atoms with van der Waals surface area (Å²) in [6.45, 7) is 15.7. The molecule has 11 heteroatoms. The van der Waals surface area contributed by atoms with Crippen LogP contribution in [-0.4, -0.2) is 73.2 Å². The molecule has 0 amide bonds. The van der Waals surface area contributed by atoms with Gasteiger partial charge in [-0.25, -0.2) is 9.97 Å². The largest absolute Gasteiger partial charge is 0.374 e. The highest BCUT2D eigenvalue weighted by molar-refractivity contribution is 7.22. The number of pyridine rings is 1. The first-order chi connectivity index (χ1) is 26.1. The van der Waals surface area contributed by atoms with Crippen molar-refractivity contribution in [2.75, 3.05) is 43.0 Å². The summed E-state index contributed by atoms with van der Waals surface area (Å²) in [6, 6.07) is 12.5. The lowest BCUT2D eigenvalue weighted by molar-refractivity contribution is -0.248. The molecule has 4 aromatic heterocycles. The Balaban J connectivity index is 0.858. The third kappa shape index (κ3) is 6.11. The summed E-state index contributed by atoms with van der Waals surface area (Å²) in [5, 5.41) is 18.7. The zero-order valence-electron chi connectivity index (χ0n) is 32.3. The highest BCUT2D eigenvalue weighted by atomic mass is 32.1. The first kappa shape index (κ1) is 34.6. The van der Waals surface area contributed by atoms with Crippen molar-refractivity contribution in [3.05, 3.63) is 65.6 Å². The van der Waals surface area contributed by atoms with Gasteiger partial charge in [0.15, 0.2) is 16.8 Å². The Morgan fingerprint density at radius 2 is 1.69 bits per heavy atom. The van der Waals surface area contributed by atoms with Crippen LogP contribution in [0.25, 0.3) is 21.3 Å². The molecule has 11 rings (SSSR count). The first-order valence-electron chi connectivity index (χ1n) is 20.2. The van der Waals surface area contributed by atoms with Crippen LogP contribution < -0.4 is 10.2 Å². The average Bonchev–Trinajstić information content (AvgIpc) is 3.88. The van der Waals surface area contributed by atoms with Crippen LogP contribution in [0, 0.1) is 30.1 Å². The van der Waals surface area contributed by atoms with Gasteiger partial charge in [0, 0.05) is 53.8 Å². The number of fused-ring (bicyclic) bond motifs is 2. The van der Waals surface area contributed by atoms with Gasteiger partial charge in [-0.1, -0.05) is 37.3 Å². The van der Waals surface area contributed by atoms with Crippen molar-refractivity contribution < 1.29 is 4.74 Å². The summed E-state index contributed by atoms with van der Waals surface area (Å²) in [7, 11) is 0. The highest BCUT2D eigenvalue weighted by Crippen LogP contribution is 2.72. The number of thiazole rings is 1. The first-order valence-corrected chi connectivity index (χ1v) is 21.0. The minimum atomic E-state index is 0.00604. The fourth-order valence-electron chi connectivity index (χ4n) is 12.4. The van der Waals surface area contributed by atoms with E-state index in [2.05, 4.69) is 77.0 Å². The maximum absolute atomic E-state index is 7.03. The lowest BCUT2D eigenvalue weighted by Crippen LogP contribution is -2.64. The van der Waals surface area contributed by atoms with Gasteiger partial charge in [0.1, 0.15) is 5.82 Å². The normalized spacial score (nSPS) is 29.0. The lowest BCUT2D eigenvalue weighted by Gasteiger charge is -2.69. The van der Waals surface area contributed by atoms with Crippen molar-refractivity contribution in [1.29, 1.82) is 0 Å². The van der Waals surface area contributed by atoms with Gasteiger partial charge in [-0.3, -0.25) is 4.68 Å². The van der Waals surface area contributed by atoms with Crippen LogP contribution in [0.2, 0.25) is 0 Å². The molecule has 2 atom stereocenters. The molecule has 1 saturated heterocycles. The molecule has 0 radical (unpaired) electrons. The van der Waals surface area contributed by atoms with Crippen LogP contribution in [0.15, 0.2) is 48.8 Å². The molecule has 4 saturated carbocycles. The standard InChI is InChI=1S/C43H53N9OS/c1-29-32-10-9-17-51(38(32)49-48-37(29)47-39-46-34-11-5-6-12-35(34)54-39)36-14-13-31(20-44-36)33-21-45-52(30(33)2)28-42-23-40(3)22-41(4,24-42)26-43(25-40,27-42)53-19-18-50-15-7-8-16-50/h5-6,11-14,20-21H,7-10,15-19,22-28H2,1-4H3,(H,46,47,48). The van der Waals surface area contributed by atoms with Gasteiger partial charge in [0.05, 0.1) is 28.6 Å². The topological polar surface area (TPSA) is 97.1 Å². The fourth-order valence-corrected chi connectivity index (χ4v) is 13.3. The number of nitrogens with zero attached hydrogens (tertiary/aromatic N) is 8. The SMILES string of the molecule is Cc1c(Nc2nc3ccccc3s2)nnc2c1CCCN2c1ccc(-c2cnn(CC34CC5(C)CC(C)(C3)CC(OCCN3CCCC3)(C5)C4)c2C)cn1. The second kappa shape index (κ2) is 12.8. The number of benzene rings is 1. The maximum atomic E-state index is 7.03. The summed E-state index contributed by atoms with van der Waals surface area (Å²) in [4.78, 5) is 14.6. The van der Waals surface area contributed by atoms with E-state index in [4.69, 9.17) is 24.9 Å². The third-order valence-corrected chi connectivity index (χ3v) is 14.4. The smallest absolute Gasteiger partial charge is 0.189 e. The summed E-state index contributed by atoms with van der Waals surface area (Å²) >= 11 is 1.63. The van der Waals surface area contributed by atoms with E-state index in [0.717, 1.165) is 95.0 Å². The molecule has 1 aromatic carbocycles. The number of hydrogen-bond acceptors (Lipinski definition) is 10. The molecule has 0 spiro atoms. The Kier molecular flexibility index (Phi) is 8.20. The molecule has 6 aliphatic rings. The van der Waals surface area contributed by atoms with Crippen LogP contribution in [-0.2, 0) is 17.7 Å². The van der Waals surface area contributed by atoms with E-state index in [9.17, 15) is 0 Å². The van der Waals surface area contributed by atoms with E-state index < -0.39 is 0 Å². The summed E-state index contributed by atoms with van der Waals surface area (Å²) < 4.78 is 10.5. The molecular formula is C43H53N9OS. The van der Waals surface area contributed by atoms with Gasteiger partial charge in [-0.15, -0.1) is 10.2 Å². The van der Waals surface area contributed by atoms with E-state index >= 15 is 0 Å². The van der Waals surface area contributed by atoms with Crippen LogP contribution >= 0.6 is 11.3 Å². The Labute approximate surface area is 322 Å². The lowest BCUT2D eigenvalue weighted by atomic mass is 9.39. The second-order valence-corrected chi connectivity index (χ2v) is 19.3. The summed E-state index contributed by atoms with van der Waals surface area (Å²) in [5.41, 5.74) is 7.70. The second-order valence-electron chi connectivity index (χ2n) is 18.3. The number of hydrogen-bond donors (Lipinski definition) is 1. The van der Waals surface area contributed by atoms with Gasteiger partial charge in [-0.05, 0) is 132 Å². The average molecular weight is 744 g/mol. The Morgan fingerprint density at radius 3 is 2.46 bits per heavy atom. The number of anilines is 4. The highest BCUT2D eigenvalue weighted by Gasteiger charge is 2.66. The molecule has 282 valence electrons. The molecule has 6 heterocycles. The number of aromatic nitrogens is 6. The Bertz CT molecular complexity index is 2150. The maximum Gasteiger partial charge on any atom is 0.189 e. The molecular weight excluding hydrogens is 691 g/mol. The van der Waals surface area contributed by atoms with E-state index in [-0.39, 0.29) is 11.0 Å². The van der Waals surface area contributed by atoms with Crippen molar-refractivity contribution in [3.63, 3.8) is 0 Å². The van der Waals surface area contributed by atoms with Crippen molar-refractivity contribution in [1.82, 2.24) is 34.8 Å². The number of likely N-dealkylation sites (tertiary alicyclic amines) is 1. The van der Waals surface area contributed by atoms with Crippen molar-refractivity contribution in [3.8, 4) is 11.1 Å². The minimum Gasteiger partial charge on any atom is -0.374 e. The predicted octanol–water partition coefficient (Wildman–Crippen LogP) is 9.02. The van der Waals surface area contributed by atoms with E-state index in [0.29, 0.717) is 10.8 Å². The van der Waals surface area contributed by atoms with Crippen molar-refractivity contribution in [2.45, 2.75) is 104 Å². The molecule has 1 N–H and O–H groups in total. The Hall–Kier alpha value is -3.93. The zero-order valence-corrected chi connectivity index (χ0v) is 33.1. The number of para-hydroxylation sites is 1. The molecule has 4 bridgehead atoms. The molecule has 2 aliphatic heterocycles. The molecule has 5 aromatic rings. The minimum absolute atomic E-state index is 0.00604. The zero-order chi connectivity index (χ0) is 36.7. The van der Waals surface area contributed by atoms with Crippen LogP contribution in [0.1, 0.15) is 88.5 Å². The van der Waals surface area contributed by atoms with E-state index in [1.165, 1.54) is 69.3 Å². The van der Waals surface area contributed by atoms with E-state index in [1.54, 1.807) is 11.3 Å². The van der Waals surface area contributed by atoms with Gasteiger partial charge in [0.25, 0.3) is 0 Å². The fraction of sp³-hybridized carbons (Fsp3) is 0.558. The van der Waals surface area contributed by atoms with Crippen LogP contribution in [0.4, 0.5) is 22.6 Å². The van der Waals surface area contributed by atoms with Gasteiger partial charge in [0.2, 0.25) is 0 Å². The van der Waals surface area contributed by atoms with Gasteiger partial charge < -0.3 is 19.9 Å². The van der Waals surface area contributed by atoms with E-state index in [1.807, 2.05) is 24.4 Å². The third-order valence-electron chi connectivity index (χ3n) is 13.5. The van der Waals surface area contributed by atoms with Crippen molar-refractivity contribution in [2.24, 2.45) is 16.2 Å². The molecule has 5 fully saturated rings. The summed E-state index contributed by atoms with van der Waals surface area (Å²) in [5.74, 6) is 2.56. The predicted molar refractivity (Wildman–Crippen MR) is 216 cm³/mol. The van der Waals surface area contributed by atoms with Gasteiger partial charge >= 0.3 is 0 Å². The number of ether oxygens (including phenoxy) is 1. The number of nitrogens with one attached hydrogen (secondary N) is 1. The van der Waals surface area contributed by atoms with Crippen molar-refractivity contribution >= 4 is 44.1 Å². The monoisotopic (exact) mass is 743 g/mol. The quantitative estimate of drug-likeness (QED) is 0.150.